The molecule has 0 saturated heterocycles. The van der Waals surface area contributed by atoms with Gasteiger partial charge in [0.05, 0.1) is 5.56 Å². The molecule has 0 aliphatic rings. The highest BCUT2D eigenvalue weighted by Crippen LogP contribution is 2.27. The molecule has 5 nitrogen and oxygen atoms in total. The Morgan fingerprint density at radius 1 is 1.17 bits per heavy atom. The summed E-state index contributed by atoms with van der Waals surface area (Å²) < 4.78 is 5.66. The first-order valence-corrected chi connectivity index (χ1v) is 9.29. The molecule has 1 heterocycles. The Labute approximate surface area is 147 Å². The molecule has 0 aliphatic heterocycles. The molecule has 0 unspecified atom stereocenters. The molecule has 7 heteroatoms. The number of hydrogen-bond acceptors (Lipinski definition) is 6. The van der Waals surface area contributed by atoms with Crippen molar-refractivity contribution in [2.45, 2.75) is 15.9 Å². The molecular formula is C17H14N2O3S2. The van der Waals surface area contributed by atoms with Crippen LogP contribution < -0.4 is 0 Å². The lowest BCUT2D eigenvalue weighted by molar-refractivity contribution is 0.0697. The summed E-state index contributed by atoms with van der Waals surface area (Å²) in [5.74, 6) is 0.105. The fourth-order valence-corrected chi connectivity index (χ4v) is 3.17. The summed E-state index contributed by atoms with van der Waals surface area (Å²) in [6.07, 6.45) is 2.02. The van der Waals surface area contributed by atoms with Gasteiger partial charge in [0.15, 0.2) is 0 Å². The zero-order chi connectivity index (χ0) is 16.9. The maximum atomic E-state index is 11.0. The van der Waals surface area contributed by atoms with Crippen molar-refractivity contribution in [3.05, 3.63) is 59.7 Å². The lowest BCUT2D eigenvalue weighted by Crippen LogP contribution is -1.96. The average molecular weight is 358 g/mol. The third-order valence-electron chi connectivity index (χ3n) is 3.28. The highest BCUT2D eigenvalue weighted by Gasteiger charge is 2.10. The van der Waals surface area contributed by atoms with Crippen LogP contribution in [-0.2, 0) is 5.75 Å². The summed E-state index contributed by atoms with van der Waals surface area (Å²) in [6.45, 7) is 0. The molecular weight excluding hydrogens is 344 g/mol. The number of aromatic carboxylic acids is 1. The van der Waals surface area contributed by atoms with Gasteiger partial charge in [-0.05, 0) is 48.2 Å². The van der Waals surface area contributed by atoms with E-state index in [1.807, 2.05) is 36.6 Å². The molecule has 24 heavy (non-hydrogen) atoms. The van der Waals surface area contributed by atoms with Crippen molar-refractivity contribution < 1.29 is 14.3 Å². The van der Waals surface area contributed by atoms with Crippen LogP contribution in [0.2, 0.25) is 0 Å². The minimum atomic E-state index is -0.935. The van der Waals surface area contributed by atoms with E-state index in [1.54, 1.807) is 30.0 Å². The maximum Gasteiger partial charge on any atom is 0.335 e. The van der Waals surface area contributed by atoms with Gasteiger partial charge in [-0.25, -0.2) is 4.79 Å². The Morgan fingerprint density at radius 2 is 1.96 bits per heavy atom. The second-order valence-electron chi connectivity index (χ2n) is 4.90. The van der Waals surface area contributed by atoms with Crippen LogP contribution in [0, 0.1) is 0 Å². The Balaban J connectivity index is 1.67. The van der Waals surface area contributed by atoms with Crippen molar-refractivity contribution in [2.24, 2.45) is 0 Å². The predicted octanol–water partition coefficient (Wildman–Crippen LogP) is 4.45. The quantitative estimate of drug-likeness (QED) is 0.652. The van der Waals surface area contributed by atoms with Crippen molar-refractivity contribution in [3.63, 3.8) is 0 Å². The Kier molecular flexibility index (Phi) is 5.22. The number of carbonyl (C=O) groups is 1. The number of rotatable bonds is 6. The topological polar surface area (TPSA) is 76.2 Å². The standard InChI is InChI=1S/C17H14N2O3S2/c1-23-14-7-5-12(6-8-14)15-18-19-17(22-15)24-10-11-3-2-4-13(9-11)16(20)21/h2-9H,10H2,1H3,(H,20,21). The zero-order valence-electron chi connectivity index (χ0n) is 12.8. The van der Waals surface area contributed by atoms with E-state index < -0.39 is 5.97 Å². The maximum absolute atomic E-state index is 11.0. The number of aromatic nitrogens is 2. The summed E-state index contributed by atoms with van der Waals surface area (Å²) >= 11 is 3.05. The molecule has 0 fully saturated rings. The van der Waals surface area contributed by atoms with Crippen molar-refractivity contribution in [1.82, 2.24) is 10.2 Å². The summed E-state index contributed by atoms with van der Waals surface area (Å²) in [5, 5.41) is 17.6. The van der Waals surface area contributed by atoms with Crippen LogP contribution in [0.1, 0.15) is 15.9 Å². The second-order valence-corrected chi connectivity index (χ2v) is 6.70. The molecule has 122 valence electrons. The molecule has 1 N–H and O–H groups in total. The Bertz CT molecular complexity index is 847. The monoisotopic (exact) mass is 358 g/mol. The van der Waals surface area contributed by atoms with E-state index in [9.17, 15) is 4.79 Å². The summed E-state index contributed by atoms with van der Waals surface area (Å²) in [6, 6.07) is 14.7. The van der Waals surface area contributed by atoms with Crippen molar-refractivity contribution >= 4 is 29.5 Å². The van der Waals surface area contributed by atoms with E-state index in [0.717, 1.165) is 11.1 Å². The van der Waals surface area contributed by atoms with Crippen molar-refractivity contribution in [2.75, 3.05) is 6.26 Å². The van der Waals surface area contributed by atoms with E-state index in [2.05, 4.69) is 10.2 Å². The van der Waals surface area contributed by atoms with Gasteiger partial charge < -0.3 is 9.52 Å². The fraction of sp³-hybridized carbons (Fsp3) is 0.118. The first kappa shape index (κ1) is 16.6. The molecule has 1 aromatic heterocycles. The van der Waals surface area contributed by atoms with Crippen LogP contribution in [0.5, 0.6) is 0 Å². The number of thioether (sulfide) groups is 2. The van der Waals surface area contributed by atoms with Crippen LogP contribution in [-0.4, -0.2) is 27.5 Å². The second kappa shape index (κ2) is 7.55. The van der Waals surface area contributed by atoms with Crippen LogP contribution in [0.25, 0.3) is 11.5 Å². The Hall–Kier alpha value is -2.25. The van der Waals surface area contributed by atoms with Crippen molar-refractivity contribution in [1.29, 1.82) is 0 Å². The van der Waals surface area contributed by atoms with Gasteiger partial charge >= 0.3 is 5.97 Å². The highest BCUT2D eigenvalue weighted by molar-refractivity contribution is 7.98. The van der Waals surface area contributed by atoms with Crippen LogP contribution >= 0.6 is 23.5 Å². The molecule has 0 radical (unpaired) electrons. The molecule has 0 bridgehead atoms. The summed E-state index contributed by atoms with van der Waals surface area (Å²) in [5.41, 5.74) is 2.04. The smallest absolute Gasteiger partial charge is 0.335 e. The first-order valence-electron chi connectivity index (χ1n) is 7.08. The summed E-state index contributed by atoms with van der Waals surface area (Å²) in [4.78, 5) is 12.2. The van der Waals surface area contributed by atoms with Gasteiger partial charge in [0.25, 0.3) is 5.22 Å². The van der Waals surface area contributed by atoms with Gasteiger partial charge in [-0.15, -0.1) is 22.0 Å². The lowest BCUT2D eigenvalue weighted by atomic mass is 10.1. The van der Waals surface area contributed by atoms with Gasteiger partial charge in [0, 0.05) is 16.2 Å². The van der Waals surface area contributed by atoms with Gasteiger partial charge in [-0.1, -0.05) is 23.9 Å². The average Bonchev–Trinajstić information content (AvgIpc) is 3.09. The van der Waals surface area contributed by atoms with Gasteiger partial charge in [-0.2, -0.15) is 0 Å². The summed E-state index contributed by atoms with van der Waals surface area (Å²) in [7, 11) is 0. The number of carboxylic acid groups (broad SMARTS) is 1. The fourth-order valence-electron chi connectivity index (χ4n) is 2.06. The molecule has 2 aromatic carbocycles. The van der Waals surface area contributed by atoms with Crippen LogP contribution in [0.3, 0.4) is 0 Å². The lowest BCUT2D eigenvalue weighted by Gasteiger charge is -2.00. The Morgan fingerprint density at radius 3 is 2.67 bits per heavy atom. The molecule has 0 aliphatic carbocycles. The predicted molar refractivity (Wildman–Crippen MR) is 94.5 cm³/mol. The largest absolute Gasteiger partial charge is 0.478 e. The minimum Gasteiger partial charge on any atom is -0.478 e. The molecule has 3 rings (SSSR count). The van der Waals surface area contributed by atoms with Crippen LogP contribution in [0.4, 0.5) is 0 Å². The minimum absolute atomic E-state index is 0.271. The van der Waals surface area contributed by atoms with Gasteiger partial charge in [0.1, 0.15) is 0 Å². The number of carboxylic acids is 1. The zero-order valence-corrected chi connectivity index (χ0v) is 14.4. The van der Waals surface area contributed by atoms with Crippen molar-refractivity contribution in [3.8, 4) is 11.5 Å². The molecule has 0 saturated carbocycles. The van der Waals surface area contributed by atoms with Crippen LogP contribution in [0.15, 0.2) is 63.1 Å². The number of hydrogen-bond donors (Lipinski definition) is 1. The molecule has 0 spiro atoms. The molecule has 3 aromatic rings. The van der Waals surface area contributed by atoms with E-state index in [0.29, 0.717) is 16.9 Å². The third kappa shape index (κ3) is 3.98. The SMILES string of the molecule is CSc1ccc(-c2nnc(SCc3cccc(C(=O)O)c3)o2)cc1. The number of benzene rings is 2. The molecule has 0 atom stereocenters. The van der Waals surface area contributed by atoms with E-state index in [-0.39, 0.29) is 5.56 Å². The third-order valence-corrected chi connectivity index (χ3v) is 4.91. The molecule has 0 amide bonds. The van der Waals surface area contributed by atoms with Gasteiger partial charge in [0.2, 0.25) is 5.89 Å². The highest BCUT2D eigenvalue weighted by atomic mass is 32.2. The normalized spacial score (nSPS) is 10.7. The van der Waals surface area contributed by atoms with Gasteiger partial charge in [-0.3, -0.25) is 0 Å². The van der Waals surface area contributed by atoms with E-state index >= 15 is 0 Å². The number of nitrogens with zero attached hydrogens (tertiary/aromatic N) is 2. The first-order chi connectivity index (χ1) is 11.7. The van der Waals surface area contributed by atoms with E-state index in [4.69, 9.17) is 9.52 Å². The van der Waals surface area contributed by atoms with E-state index in [1.165, 1.54) is 16.7 Å².